The number of benzene rings is 3. The van der Waals surface area contributed by atoms with Gasteiger partial charge in [-0.3, -0.25) is 4.79 Å². The van der Waals surface area contributed by atoms with Gasteiger partial charge in [0.2, 0.25) is 5.91 Å². The van der Waals surface area contributed by atoms with Crippen LogP contribution >= 0.6 is 11.8 Å². The molecule has 0 unspecified atom stereocenters. The summed E-state index contributed by atoms with van der Waals surface area (Å²) in [6.45, 7) is 2.00. The summed E-state index contributed by atoms with van der Waals surface area (Å²) >= 11 is 1.18. The molecular formula is C23H19N3O3S. The van der Waals surface area contributed by atoms with Crippen LogP contribution in [-0.2, 0) is 4.79 Å². The quantitative estimate of drug-likeness (QED) is 0.396. The molecule has 3 aromatic carbocycles. The molecule has 0 saturated heterocycles. The summed E-state index contributed by atoms with van der Waals surface area (Å²) in [6, 6.07) is 24.6. The minimum absolute atomic E-state index is 0.142. The number of aromatic nitrogens is 2. The number of hydrogen-bond donors (Lipinski definition) is 1. The molecule has 0 aliphatic rings. The second kappa shape index (κ2) is 9.28. The van der Waals surface area contributed by atoms with Gasteiger partial charge in [-0.15, -0.1) is 10.2 Å². The molecule has 0 spiro atoms. The maximum absolute atomic E-state index is 12.2. The lowest BCUT2D eigenvalue weighted by atomic mass is 10.2. The number of aryl methyl sites for hydroxylation is 1. The van der Waals surface area contributed by atoms with Gasteiger partial charge >= 0.3 is 0 Å². The van der Waals surface area contributed by atoms with Gasteiger partial charge in [0.25, 0.3) is 11.1 Å². The Morgan fingerprint density at radius 1 is 0.967 bits per heavy atom. The standard InChI is InChI=1S/C23H19N3O3S/c1-16-11-13-17(14-12-16)24-21(27)15-30-23-26-25-22(29-23)19-9-5-6-10-20(19)28-18-7-3-2-4-8-18/h2-14H,15H2,1H3,(H,24,27). The van der Waals surface area contributed by atoms with Crippen LogP contribution in [0.3, 0.4) is 0 Å². The number of nitrogens with zero attached hydrogens (tertiary/aromatic N) is 2. The Bertz CT molecular complexity index is 1130. The predicted molar refractivity (Wildman–Crippen MR) is 117 cm³/mol. The Morgan fingerprint density at radius 2 is 1.70 bits per heavy atom. The lowest BCUT2D eigenvalue weighted by Crippen LogP contribution is -2.13. The summed E-state index contributed by atoms with van der Waals surface area (Å²) in [5.74, 6) is 1.68. The van der Waals surface area contributed by atoms with Gasteiger partial charge in [0.1, 0.15) is 11.5 Å². The van der Waals surface area contributed by atoms with Gasteiger partial charge in [0, 0.05) is 5.69 Å². The monoisotopic (exact) mass is 417 g/mol. The van der Waals surface area contributed by atoms with E-state index < -0.39 is 0 Å². The molecule has 0 radical (unpaired) electrons. The fourth-order valence-corrected chi connectivity index (χ4v) is 3.25. The fraction of sp³-hybridized carbons (Fsp3) is 0.0870. The van der Waals surface area contributed by atoms with Crippen molar-refractivity contribution in [2.45, 2.75) is 12.1 Å². The smallest absolute Gasteiger partial charge is 0.277 e. The zero-order chi connectivity index (χ0) is 20.8. The van der Waals surface area contributed by atoms with E-state index in [1.54, 1.807) is 0 Å². The molecular weight excluding hydrogens is 398 g/mol. The van der Waals surface area contributed by atoms with Gasteiger partial charge in [-0.1, -0.05) is 59.8 Å². The van der Waals surface area contributed by atoms with E-state index in [1.807, 2.05) is 85.8 Å². The van der Waals surface area contributed by atoms with E-state index in [-0.39, 0.29) is 11.7 Å². The van der Waals surface area contributed by atoms with Crippen molar-refractivity contribution in [1.29, 1.82) is 0 Å². The number of ether oxygens (including phenoxy) is 1. The average molecular weight is 417 g/mol. The normalized spacial score (nSPS) is 10.6. The Balaban J connectivity index is 1.41. The van der Waals surface area contributed by atoms with Crippen molar-refractivity contribution in [2.24, 2.45) is 0 Å². The first-order chi connectivity index (χ1) is 14.7. The average Bonchev–Trinajstić information content (AvgIpc) is 3.24. The Morgan fingerprint density at radius 3 is 2.50 bits per heavy atom. The first-order valence-electron chi connectivity index (χ1n) is 9.32. The third-order valence-corrected chi connectivity index (χ3v) is 4.98. The highest BCUT2D eigenvalue weighted by atomic mass is 32.2. The van der Waals surface area contributed by atoms with E-state index in [1.165, 1.54) is 11.8 Å². The molecule has 1 N–H and O–H groups in total. The van der Waals surface area contributed by atoms with Crippen LogP contribution < -0.4 is 10.1 Å². The van der Waals surface area contributed by atoms with E-state index in [4.69, 9.17) is 9.15 Å². The lowest BCUT2D eigenvalue weighted by molar-refractivity contribution is -0.113. The Labute approximate surface area is 178 Å². The van der Waals surface area contributed by atoms with E-state index in [0.717, 1.165) is 11.3 Å². The van der Waals surface area contributed by atoms with Gasteiger partial charge < -0.3 is 14.5 Å². The SMILES string of the molecule is Cc1ccc(NC(=O)CSc2nnc(-c3ccccc3Oc3ccccc3)o2)cc1. The largest absolute Gasteiger partial charge is 0.457 e. The van der Waals surface area contributed by atoms with Gasteiger partial charge in [-0.05, 0) is 43.3 Å². The van der Waals surface area contributed by atoms with Gasteiger partial charge in [0.15, 0.2) is 0 Å². The molecule has 0 fully saturated rings. The van der Waals surface area contributed by atoms with Crippen LogP contribution in [0.5, 0.6) is 11.5 Å². The number of carbonyl (C=O) groups excluding carboxylic acids is 1. The predicted octanol–water partition coefficient (Wildman–Crippen LogP) is 5.57. The topological polar surface area (TPSA) is 77.2 Å². The van der Waals surface area contributed by atoms with E-state index in [2.05, 4.69) is 15.5 Å². The van der Waals surface area contributed by atoms with Crippen LogP contribution in [0.15, 0.2) is 88.5 Å². The molecule has 0 aliphatic heterocycles. The zero-order valence-corrected chi connectivity index (χ0v) is 17.1. The third-order valence-electron chi connectivity index (χ3n) is 4.16. The second-order valence-electron chi connectivity index (χ2n) is 6.49. The molecule has 0 bridgehead atoms. The molecule has 0 aliphatic carbocycles. The van der Waals surface area contributed by atoms with Crippen molar-refractivity contribution >= 4 is 23.4 Å². The number of carbonyl (C=O) groups is 1. The highest BCUT2D eigenvalue weighted by molar-refractivity contribution is 7.99. The third kappa shape index (κ3) is 5.07. The molecule has 1 aromatic heterocycles. The van der Waals surface area contributed by atoms with Crippen molar-refractivity contribution in [3.05, 3.63) is 84.4 Å². The first-order valence-corrected chi connectivity index (χ1v) is 10.3. The number of hydrogen-bond acceptors (Lipinski definition) is 6. The molecule has 4 aromatic rings. The molecule has 0 atom stereocenters. The molecule has 150 valence electrons. The molecule has 0 saturated carbocycles. The van der Waals surface area contributed by atoms with Crippen molar-refractivity contribution in [3.8, 4) is 23.0 Å². The number of amides is 1. The van der Waals surface area contributed by atoms with Crippen LogP contribution in [0.25, 0.3) is 11.5 Å². The highest BCUT2D eigenvalue weighted by Crippen LogP contribution is 2.33. The van der Waals surface area contributed by atoms with Crippen molar-refractivity contribution in [3.63, 3.8) is 0 Å². The van der Waals surface area contributed by atoms with Crippen molar-refractivity contribution in [2.75, 3.05) is 11.1 Å². The Hall–Kier alpha value is -3.58. The molecule has 30 heavy (non-hydrogen) atoms. The van der Waals surface area contributed by atoms with Crippen LogP contribution in [-0.4, -0.2) is 21.9 Å². The van der Waals surface area contributed by atoms with Gasteiger partial charge in [-0.25, -0.2) is 0 Å². The Kier molecular flexibility index (Phi) is 6.10. The maximum Gasteiger partial charge on any atom is 0.277 e. The maximum atomic E-state index is 12.2. The molecule has 1 amide bonds. The van der Waals surface area contributed by atoms with E-state index in [0.29, 0.717) is 28.2 Å². The van der Waals surface area contributed by atoms with E-state index >= 15 is 0 Å². The minimum atomic E-state index is -0.142. The summed E-state index contributed by atoms with van der Waals surface area (Å²) in [5.41, 5.74) is 2.58. The minimum Gasteiger partial charge on any atom is -0.457 e. The summed E-state index contributed by atoms with van der Waals surface area (Å²) in [5, 5.41) is 11.3. The number of rotatable bonds is 7. The first kappa shape index (κ1) is 19.7. The summed E-state index contributed by atoms with van der Waals surface area (Å²) in [4.78, 5) is 12.2. The summed E-state index contributed by atoms with van der Waals surface area (Å²) in [7, 11) is 0. The van der Waals surface area contributed by atoms with Crippen LogP contribution in [0.4, 0.5) is 5.69 Å². The van der Waals surface area contributed by atoms with E-state index in [9.17, 15) is 4.79 Å². The van der Waals surface area contributed by atoms with Crippen molar-refractivity contribution < 1.29 is 13.9 Å². The van der Waals surface area contributed by atoms with Crippen LogP contribution in [0.1, 0.15) is 5.56 Å². The zero-order valence-electron chi connectivity index (χ0n) is 16.2. The van der Waals surface area contributed by atoms with Gasteiger partial charge in [0.05, 0.1) is 11.3 Å². The molecule has 7 heteroatoms. The lowest BCUT2D eigenvalue weighted by Gasteiger charge is -2.08. The van der Waals surface area contributed by atoms with Crippen LogP contribution in [0, 0.1) is 6.92 Å². The number of para-hydroxylation sites is 2. The van der Waals surface area contributed by atoms with Crippen LogP contribution in [0.2, 0.25) is 0 Å². The number of thioether (sulfide) groups is 1. The highest BCUT2D eigenvalue weighted by Gasteiger charge is 2.15. The molecule has 4 rings (SSSR count). The second-order valence-corrected chi connectivity index (χ2v) is 7.41. The fourth-order valence-electron chi connectivity index (χ4n) is 2.69. The number of anilines is 1. The number of nitrogens with one attached hydrogen (secondary N) is 1. The summed E-state index contributed by atoms with van der Waals surface area (Å²) < 4.78 is 11.7. The molecule has 1 heterocycles. The molecule has 6 nitrogen and oxygen atoms in total. The van der Waals surface area contributed by atoms with Gasteiger partial charge in [-0.2, -0.15) is 0 Å². The summed E-state index contributed by atoms with van der Waals surface area (Å²) in [6.07, 6.45) is 0. The van der Waals surface area contributed by atoms with Crippen molar-refractivity contribution in [1.82, 2.24) is 10.2 Å².